The normalized spacial score (nSPS) is 15.1. The Kier molecular flexibility index (Phi) is 5.22. The van der Waals surface area contributed by atoms with Gasteiger partial charge in [0.05, 0.1) is 5.56 Å². The van der Waals surface area contributed by atoms with Gasteiger partial charge in [-0.15, -0.1) is 11.6 Å². The molecule has 0 atom stereocenters. The zero-order valence-corrected chi connectivity index (χ0v) is 12.9. The van der Waals surface area contributed by atoms with E-state index in [1.165, 1.54) is 6.07 Å². The van der Waals surface area contributed by atoms with Crippen LogP contribution in [0, 0.1) is 5.82 Å². The second-order valence-electron chi connectivity index (χ2n) is 4.72. The quantitative estimate of drug-likeness (QED) is 0.730. The van der Waals surface area contributed by atoms with Crippen LogP contribution < -0.4 is 0 Å². The minimum atomic E-state index is -0.477. The van der Waals surface area contributed by atoms with E-state index in [1.807, 2.05) is 0 Å². The van der Waals surface area contributed by atoms with Crippen molar-refractivity contribution in [2.45, 2.75) is 31.7 Å². The van der Waals surface area contributed by atoms with Gasteiger partial charge in [-0.25, -0.2) is 4.39 Å². The maximum atomic E-state index is 13.9. The van der Waals surface area contributed by atoms with Gasteiger partial charge in [-0.2, -0.15) is 0 Å². The lowest BCUT2D eigenvalue weighted by molar-refractivity contribution is 0.0575. The number of carbonyl (C=O) groups is 1. The SMILES string of the molecule is O=C(c1c(F)cccc1Br)N(CCCCl)C1CCC1. The molecule has 2 rings (SSSR count). The van der Waals surface area contributed by atoms with E-state index < -0.39 is 5.82 Å². The Morgan fingerprint density at radius 1 is 1.47 bits per heavy atom. The molecule has 0 heterocycles. The molecule has 1 aliphatic carbocycles. The lowest BCUT2D eigenvalue weighted by Crippen LogP contribution is -2.45. The van der Waals surface area contributed by atoms with Gasteiger partial charge in [-0.3, -0.25) is 4.79 Å². The first kappa shape index (κ1) is 14.8. The summed E-state index contributed by atoms with van der Waals surface area (Å²) in [7, 11) is 0. The average Bonchev–Trinajstić information content (AvgIpc) is 2.31. The van der Waals surface area contributed by atoms with E-state index in [9.17, 15) is 9.18 Å². The molecule has 0 bridgehead atoms. The first-order valence-corrected chi connectivity index (χ1v) is 7.79. The van der Waals surface area contributed by atoms with Gasteiger partial charge >= 0.3 is 0 Å². The molecule has 2 nitrogen and oxygen atoms in total. The molecule has 1 aliphatic rings. The third-order valence-corrected chi connectivity index (χ3v) is 4.41. The minimum Gasteiger partial charge on any atom is -0.335 e. The zero-order valence-electron chi connectivity index (χ0n) is 10.5. The molecule has 1 amide bonds. The van der Waals surface area contributed by atoms with Gasteiger partial charge in [0.25, 0.3) is 5.91 Å². The fourth-order valence-corrected chi connectivity index (χ4v) is 2.86. The summed E-state index contributed by atoms with van der Waals surface area (Å²) in [5, 5.41) is 0. The highest BCUT2D eigenvalue weighted by Gasteiger charge is 2.31. The van der Waals surface area contributed by atoms with Gasteiger partial charge in [-0.05, 0) is 53.7 Å². The number of hydrogen-bond acceptors (Lipinski definition) is 1. The Labute approximate surface area is 126 Å². The minimum absolute atomic E-state index is 0.129. The van der Waals surface area contributed by atoms with E-state index in [1.54, 1.807) is 17.0 Å². The van der Waals surface area contributed by atoms with Crippen molar-refractivity contribution in [1.82, 2.24) is 4.90 Å². The molecule has 0 aliphatic heterocycles. The molecule has 1 aromatic rings. The standard InChI is InChI=1S/C14H16BrClFNO/c15-11-6-2-7-12(17)13(11)14(19)18(9-3-8-16)10-4-1-5-10/h2,6-7,10H,1,3-5,8-9H2. The van der Waals surface area contributed by atoms with Crippen LogP contribution in [0.25, 0.3) is 0 Å². The molecule has 1 aromatic carbocycles. The summed E-state index contributed by atoms with van der Waals surface area (Å²) < 4.78 is 14.4. The van der Waals surface area contributed by atoms with Crippen LogP contribution in [0.15, 0.2) is 22.7 Å². The van der Waals surface area contributed by atoms with Crippen LogP contribution in [0.3, 0.4) is 0 Å². The van der Waals surface area contributed by atoms with E-state index in [4.69, 9.17) is 11.6 Å². The van der Waals surface area contributed by atoms with Crippen LogP contribution in [0.2, 0.25) is 0 Å². The summed E-state index contributed by atoms with van der Waals surface area (Å²) in [5.74, 6) is -0.205. The molecular weight excluding hydrogens is 333 g/mol. The van der Waals surface area contributed by atoms with E-state index in [0.29, 0.717) is 16.9 Å². The van der Waals surface area contributed by atoms with Crippen LogP contribution in [-0.4, -0.2) is 29.3 Å². The van der Waals surface area contributed by atoms with Crippen molar-refractivity contribution in [2.24, 2.45) is 0 Å². The fourth-order valence-electron chi connectivity index (χ4n) is 2.22. The van der Waals surface area contributed by atoms with Gasteiger partial charge in [0.2, 0.25) is 0 Å². The van der Waals surface area contributed by atoms with E-state index in [-0.39, 0.29) is 17.5 Å². The number of carbonyl (C=O) groups excluding carboxylic acids is 1. The Morgan fingerprint density at radius 2 is 2.21 bits per heavy atom. The Morgan fingerprint density at radius 3 is 2.74 bits per heavy atom. The van der Waals surface area contributed by atoms with E-state index in [2.05, 4.69) is 15.9 Å². The van der Waals surface area contributed by atoms with Crippen molar-refractivity contribution in [3.8, 4) is 0 Å². The van der Waals surface area contributed by atoms with Crippen LogP contribution in [-0.2, 0) is 0 Å². The number of benzene rings is 1. The van der Waals surface area contributed by atoms with Crippen molar-refractivity contribution >= 4 is 33.4 Å². The van der Waals surface area contributed by atoms with Gasteiger partial charge < -0.3 is 4.90 Å². The van der Waals surface area contributed by atoms with Gasteiger partial charge in [0.15, 0.2) is 0 Å². The zero-order chi connectivity index (χ0) is 13.8. The Balaban J connectivity index is 2.22. The smallest absolute Gasteiger partial charge is 0.258 e. The molecule has 1 saturated carbocycles. The maximum Gasteiger partial charge on any atom is 0.258 e. The predicted molar refractivity (Wildman–Crippen MR) is 78.1 cm³/mol. The topological polar surface area (TPSA) is 20.3 Å². The number of hydrogen-bond donors (Lipinski definition) is 0. The number of halogens is 3. The second kappa shape index (κ2) is 6.71. The monoisotopic (exact) mass is 347 g/mol. The molecular formula is C14H16BrClFNO. The lowest BCUT2D eigenvalue weighted by atomic mass is 9.90. The van der Waals surface area contributed by atoms with Gasteiger partial charge in [0.1, 0.15) is 5.82 Å². The van der Waals surface area contributed by atoms with Crippen molar-refractivity contribution in [2.75, 3.05) is 12.4 Å². The number of amides is 1. The summed E-state index contributed by atoms with van der Waals surface area (Å²) in [5.41, 5.74) is 0.129. The van der Waals surface area contributed by atoms with E-state index in [0.717, 1.165) is 25.7 Å². The fraction of sp³-hybridized carbons (Fsp3) is 0.500. The van der Waals surface area contributed by atoms with E-state index >= 15 is 0 Å². The van der Waals surface area contributed by atoms with Crippen molar-refractivity contribution < 1.29 is 9.18 Å². The molecule has 104 valence electrons. The highest BCUT2D eigenvalue weighted by Crippen LogP contribution is 2.29. The second-order valence-corrected chi connectivity index (χ2v) is 5.95. The highest BCUT2D eigenvalue weighted by atomic mass is 79.9. The average molecular weight is 349 g/mol. The first-order valence-electron chi connectivity index (χ1n) is 6.46. The Hall–Kier alpha value is -0.610. The van der Waals surface area contributed by atoms with Crippen LogP contribution in [0.1, 0.15) is 36.0 Å². The highest BCUT2D eigenvalue weighted by molar-refractivity contribution is 9.10. The third kappa shape index (κ3) is 3.29. The Bertz CT molecular complexity index is 445. The molecule has 0 saturated heterocycles. The van der Waals surface area contributed by atoms with Crippen molar-refractivity contribution in [3.63, 3.8) is 0 Å². The number of rotatable bonds is 5. The van der Waals surface area contributed by atoms with Gasteiger partial charge in [-0.1, -0.05) is 6.07 Å². The number of alkyl halides is 1. The third-order valence-electron chi connectivity index (χ3n) is 3.49. The van der Waals surface area contributed by atoms with Crippen LogP contribution in [0.5, 0.6) is 0 Å². The maximum absolute atomic E-state index is 13.9. The first-order chi connectivity index (χ1) is 9.15. The predicted octanol–water partition coefficient (Wildman–Crippen LogP) is 4.21. The number of nitrogens with zero attached hydrogens (tertiary/aromatic N) is 1. The molecule has 19 heavy (non-hydrogen) atoms. The molecule has 1 fully saturated rings. The molecule has 0 N–H and O–H groups in total. The van der Waals surface area contributed by atoms with Gasteiger partial charge in [0, 0.05) is 22.9 Å². The lowest BCUT2D eigenvalue weighted by Gasteiger charge is -2.37. The largest absolute Gasteiger partial charge is 0.335 e. The summed E-state index contributed by atoms with van der Waals surface area (Å²) in [6, 6.07) is 4.83. The van der Waals surface area contributed by atoms with Crippen LogP contribution in [0.4, 0.5) is 4.39 Å². The van der Waals surface area contributed by atoms with Crippen LogP contribution >= 0.6 is 27.5 Å². The molecule has 5 heteroatoms. The molecule has 0 aromatic heterocycles. The summed E-state index contributed by atoms with van der Waals surface area (Å²) >= 11 is 8.96. The van der Waals surface area contributed by atoms with Crippen molar-refractivity contribution in [1.29, 1.82) is 0 Å². The molecule has 0 radical (unpaired) electrons. The van der Waals surface area contributed by atoms with Crippen molar-refractivity contribution in [3.05, 3.63) is 34.1 Å². The molecule has 0 spiro atoms. The summed E-state index contributed by atoms with van der Waals surface area (Å²) in [6.07, 6.45) is 3.86. The molecule has 0 unspecified atom stereocenters. The summed E-state index contributed by atoms with van der Waals surface area (Å²) in [6.45, 7) is 0.591. The summed E-state index contributed by atoms with van der Waals surface area (Å²) in [4.78, 5) is 14.3.